The minimum Gasteiger partial charge on any atom is -0.505 e. The molecule has 2 aromatic carbocycles. The maximum absolute atomic E-state index is 11.8. The van der Waals surface area contributed by atoms with Gasteiger partial charge < -0.3 is 9.51 Å². The highest BCUT2D eigenvalue weighted by atomic mass is 16.3. The topological polar surface area (TPSA) is 65.5 Å². The standard InChI is InChI=1S/C20H12N2O2/c21-12-15-10-19(20(24)14-4-2-1-3-5-14)22-17(15)9-7-13-6-8-16(23)11-18(13)22/h1-11,24H. The van der Waals surface area contributed by atoms with Crippen molar-refractivity contribution in [2.75, 3.05) is 0 Å². The first-order valence-corrected chi connectivity index (χ1v) is 7.46. The zero-order valence-electron chi connectivity index (χ0n) is 12.6. The van der Waals surface area contributed by atoms with Crippen LogP contribution in [-0.4, -0.2) is 9.51 Å². The van der Waals surface area contributed by atoms with Gasteiger partial charge in [0.25, 0.3) is 0 Å². The van der Waals surface area contributed by atoms with Crippen LogP contribution >= 0.6 is 0 Å². The number of hydrogen-bond donors (Lipinski definition) is 1. The summed E-state index contributed by atoms with van der Waals surface area (Å²) in [5.74, 6) is 0.0657. The highest BCUT2D eigenvalue weighted by molar-refractivity contribution is 5.85. The van der Waals surface area contributed by atoms with Crippen LogP contribution in [-0.2, 0) is 0 Å². The Bertz CT molecular complexity index is 1230. The Labute approximate surface area is 137 Å². The molecule has 0 atom stereocenters. The Balaban J connectivity index is 2.27. The van der Waals surface area contributed by atoms with Crippen LogP contribution in [0.4, 0.5) is 0 Å². The average Bonchev–Trinajstić information content (AvgIpc) is 3.01. The number of pyridine rings is 1. The predicted molar refractivity (Wildman–Crippen MR) is 92.7 cm³/mol. The molecule has 4 heteroatoms. The van der Waals surface area contributed by atoms with Crippen LogP contribution in [0.3, 0.4) is 0 Å². The molecule has 0 bridgehead atoms. The van der Waals surface area contributed by atoms with Gasteiger partial charge in [-0.3, -0.25) is 4.79 Å². The molecule has 0 amide bonds. The average molecular weight is 312 g/mol. The number of aliphatic hydroxyl groups excluding tert-OH is 1. The van der Waals surface area contributed by atoms with Crippen LogP contribution in [0.1, 0.15) is 11.1 Å². The van der Waals surface area contributed by atoms with E-state index in [1.165, 1.54) is 12.1 Å². The van der Waals surface area contributed by atoms with Crippen molar-refractivity contribution in [1.82, 2.24) is 4.40 Å². The lowest BCUT2D eigenvalue weighted by atomic mass is 10.2. The van der Waals surface area contributed by atoms with Gasteiger partial charge in [-0.1, -0.05) is 36.4 Å². The predicted octanol–water partition coefficient (Wildman–Crippen LogP) is 2.76. The van der Waals surface area contributed by atoms with Crippen molar-refractivity contribution in [2.45, 2.75) is 0 Å². The van der Waals surface area contributed by atoms with Gasteiger partial charge in [-0.25, -0.2) is 0 Å². The fourth-order valence-electron chi connectivity index (χ4n) is 2.98. The van der Waals surface area contributed by atoms with Gasteiger partial charge in [0, 0.05) is 11.6 Å². The van der Waals surface area contributed by atoms with Crippen molar-refractivity contribution in [3.63, 3.8) is 0 Å². The zero-order valence-corrected chi connectivity index (χ0v) is 12.6. The molecule has 24 heavy (non-hydrogen) atoms. The molecule has 4 nitrogen and oxygen atoms in total. The molecule has 0 unspecified atom stereocenters. The van der Waals surface area contributed by atoms with Crippen LogP contribution < -0.4 is 10.8 Å². The molecule has 0 saturated carbocycles. The molecule has 0 saturated heterocycles. The van der Waals surface area contributed by atoms with Gasteiger partial charge in [-0.15, -0.1) is 0 Å². The smallest absolute Gasteiger partial charge is 0.180 e. The second-order valence-electron chi connectivity index (χ2n) is 5.54. The van der Waals surface area contributed by atoms with Gasteiger partial charge in [-0.2, -0.15) is 5.26 Å². The van der Waals surface area contributed by atoms with Gasteiger partial charge in [0.2, 0.25) is 0 Å². The Hall–Kier alpha value is -3.58. The summed E-state index contributed by atoms with van der Waals surface area (Å²) in [7, 11) is 0. The van der Waals surface area contributed by atoms with E-state index in [-0.39, 0.29) is 11.2 Å². The summed E-state index contributed by atoms with van der Waals surface area (Å²) in [6.07, 6.45) is 0. The third-order valence-corrected chi connectivity index (χ3v) is 4.11. The number of aromatic nitrogens is 1. The minimum absolute atomic E-state index is 0.0657. The molecular weight excluding hydrogens is 300 g/mol. The van der Waals surface area contributed by atoms with Crippen molar-refractivity contribution in [2.24, 2.45) is 0 Å². The number of aliphatic hydroxyl groups is 1. The number of hydrogen-bond acceptors (Lipinski definition) is 3. The van der Waals surface area contributed by atoms with E-state index in [2.05, 4.69) is 6.07 Å². The number of rotatable bonds is 1. The Morgan fingerprint density at radius 2 is 1.71 bits per heavy atom. The summed E-state index contributed by atoms with van der Waals surface area (Å²) in [5.41, 5.74) is 2.31. The SMILES string of the molecule is N#Cc1cc(=C(O)c2ccccc2)n2c1ccc1ccc(=O)cc12. The zero-order chi connectivity index (χ0) is 16.7. The Morgan fingerprint density at radius 1 is 0.958 bits per heavy atom. The first-order valence-electron chi connectivity index (χ1n) is 7.46. The Kier molecular flexibility index (Phi) is 3.07. The summed E-state index contributed by atoms with van der Waals surface area (Å²) in [6, 6.07) is 21.4. The second-order valence-corrected chi connectivity index (χ2v) is 5.54. The molecule has 2 aromatic heterocycles. The third kappa shape index (κ3) is 2.03. The van der Waals surface area contributed by atoms with Crippen LogP contribution in [0.5, 0.6) is 0 Å². The number of fused-ring (bicyclic) bond motifs is 3. The van der Waals surface area contributed by atoms with Crippen LogP contribution in [0.2, 0.25) is 0 Å². The summed E-state index contributed by atoms with van der Waals surface area (Å²) in [6.45, 7) is 0. The van der Waals surface area contributed by atoms with E-state index < -0.39 is 0 Å². The van der Waals surface area contributed by atoms with Gasteiger partial charge >= 0.3 is 0 Å². The van der Waals surface area contributed by atoms with Crippen LogP contribution in [0, 0.1) is 11.3 Å². The molecule has 114 valence electrons. The molecule has 0 aliphatic rings. The quantitative estimate of drug-likeness (QED) is 0.588. The second kappa shape index (κ2) is 5.25. The van der Waals surface area contributed by atoms with Crippen LogP contribution in [0.15, 0.2) is 71.5 Å². The lowest BCUT2D eigenvalue weighted by molar-refractivity contribution is 0.505. The van der Waals surface area contributed by atoms with Crippen LogP contribution in [0.25, 0.3) is 22.2 Å². The molecule has 0 aliphatic carbocycles. The monoisotopic (exact) mass is 312 g/mol. The van der Waals surface area contributed by atoms with E-state index in [9.17, 15) is 15.2 Å². The highest BCUT2D eigenvalue weighted by Crippen LogP contribution is 2.18. The maximum Gasteiger partial charge on any atom is 0.180 e. The number of nitriles is 1. The molecule has 1 N–H and O–H groups in total. The van der Waals surface area contributed by atoms with Gasteiger partial charge in [-0.05, 0) is 29.7 Å². The van der Waals surface area contributed by atoms with Gasteiger partial charge in [0.1, 0.15) is 11.8 Å². The van der Waals surface area contributed by atoms with E-state index in [4.69, 9.17) is 0 Å². The molecular formula is C20H12N2O2. The maximum atomic E-state index is 11.8. The summed E-state index contributed by atoms with van der Waals surface area (Å²) < 4.78 is 1.76. The third-order valence-electron chi connectivity index (χ3n) is 4.11. The van der Waals surface area contributed by atoms with Gasteiger partial charge in [0.15, 0.2) is 5.43 Å². The van der Waals surface area contributed by atoms with E-state index in [1.54, 1.807) is 28.7 Å². The van der Waals surface area contributed by atoms with Crippen molar-refractivity contribution in [3.8, 4) is 6.07 Å². The lowest BCUT2D eigenvalue weighted by Crippen LogP contribution is -2.15. The van der Waals surface area contributed by atoms with E-state index >= 15 is 0 Å². The normalized spacial score (nSPS) is 12.3. The van der Waals surface area contributed by atoms with Gasteiger partial charge in [0.05, 0.1) is 21.9 Å². The van der Waals surface area contributed by atoms with Crippen molar-refractivity contribution in [3.05, 3.63) is 93.4 Å². The largest absolute Gasteiger partial charge is 0.505 e. The fourth-order valence-corrected chi connectivity index (χ4v) is 2.98. The minimum atomic E-state index is -0.118. The van der Waals surface area contributed by atoms with E-state index in [1.807, 2.05) is 30.3 Å². The van der Waals surface area contributed by atoms with Crippen molar-refractivity contribution in [1.29, 1.82) is 5.26 Å². The van der Waals surface area contributed by atoms with E-state index in [0.717, 1.165) is 5.39 Å². The highest BCUT2D eigenvalue weighted by Gasteiger charge is 2.11. The van der Waals surface area contributed by atoms with E-state index in [0.29, 0.717) is 27.5 Å². The summed E-state index contributed by atoms with van der Waals surface area (Å²) in [4.78, 5) is 11.8. The summed E-state index contributed by atoms with van der Waals surface area (Å²) >= 11 is 0. The number of benzene rings is 2. The first-order chi connectivity index (χ1) is 11.7. The molecule has 0 aliphatic heterocycles. The molecule has 0 spiro atoms. The fraction of sp³-hybridized carbons (Fsp3) is 0. The molecule has 0 fully saturated rings. The lowest BCUT2D eigenvalue weighted by Gasteiger charge is -2.05. The molecule has 0 radical (unpaired) electrons. The molecule has 2 heterocycles. The molecule has 4 rings (SSSR count). The summed E-state index contributed by atoms with van der Waals surface area (Å²) in [5, 5.41) is 21.5. The molecule has 4 aromatic rings. The number of nitrogens with zero attached hydrogens (tertiary/aromatic N) is 2. The van der Waals surface area contributed by atoms with Crippen molar-refractivity contribution < 1.29 is 5.11 Å². The first kappa shape index (κ1) is 14.0. The van der Waals surface area contributed by atoms with Crippen molar-refractivity contribution >= 4 is 22.2 Å². The Morgan fingerprint density at radius 3 is 2.46 bits per heavy atom.